The number of hydrogen-bond acceptors (Lipinski definition) is 2. The van der Waals surface area contributed by atoms with Gasteiger partial charge in [-0.25, -0.2) is 0 Å². The van der Waals surface area contributed by atoms with E-state index >= 15 is 0 Å². The molecule has 0 atom stereocenters. The Labute approximate surface area is 61.3 Å². The maximum atomic E-state index is 4.02. The minimum absolute atomic E-state index is 0.983. The summed E-state index contributed by atoms with van der Waals surface area (Å²) < 4.78 is 0. The molecule has 0 radical (unpaired) electrons. The van der Waals surface area contributed by atoms with Crippen LogP contribution in [0.2, 0.25) is 0 Å². The first kappa shape index (κ1) is 7.19. The summed E-state index contributed by atoms with van der Waals surface area (Å²) in [5, 5.41) is 7.83. The van der Waals surface area contributed by atoms with Crippen LogP contribution in [-0.2, 0) is 12.8 Å². The molecule has 0 amide bonds. The van der Waals surface area contributed by atoms with Gasteiger partial charge in [0.15, 0.2) is 0 Å². The van der Waals surface area contributed by atoms with Crippen LogP contribution in [0, 0.1) is 0 Å². The largest absolute Gasteiger partial charge is 0.159 e. The zero-order valence-electron chi connectivity index (χ0n) is 6.46. The molecule has 1 heterocycles. The predicted octanol–water partition coefficient (Wildman–Crippen LogP) is 1.60. The second-order valence-corrected chi connectivity index (χ2v) is 2.21. The molecule has 10 heavy (non-hydrogen) atoms. The van der Waals surface area contributed by atoms with Crippen LogP contribution in [0.3, 0.4) is 0 Å². The van der Waals surface area contributed by atoms with Crippen molar-refractivity contribution in [3.8, 4) is 0 Å². The predicted molar refractivity (Wildman–Crippen MR) is 40.8 cm³/mol. The highest BCUT2D eigenvalue weighted by molar-refractivity contribution is 5.16. The molecule has 0 saturated carbocycles. The van der Waals surface area contributed by atoms with Gasteiger partial charge >= 0.3 is 0 Å². The molecule has 2 nitrogen and oxygen atoms in total. The average molecular weight is 136 g/mol. The van der Waals surface area contributed by atoms with Gasteiger partial charge < -0.3 is 0 Å². The number of rotatable bonds is 2. The van der Waals surface area contributed by atoms with Crippen molar-refractivity contribution in [3.63, 3.8) is 0 Å². The summed E-state index contributed by atoms with van der Waals surface area (Å²) in [7, 11) is 0. The average Bonchev–Trinajstić information content (AvgIpc) is 2.04. The number of nitrogens with zero attached hydrogens (tertiary/aromatic N) is 2. The lowest BCUT2D eigenvalue weighted by atomic mass is 10.1. The van der Waals surface area contributed by atoms with Crippen LogP contribution in [0.4, 0.5) is 0 Å². The van der Waals surface area contributed by atoms with E-state index in [1.54, 1.807) is 6.20 Å². The fourth-order valence-corrected chi connectivity index (χ4v) is 1.01. The summed E-state index contributed by atoms with van der Waals surface area (Å²) in [6, 6.07) is 2.03. The Bertz CT molecular complexity index is 185. The lowest BCUT2D eigenvalue weighted by Gasteiger charge is -1.99. The third-order valence-corrected chi connectivity index (χ3v) is 1.61. The Morgan fingerprint density at radius 2 is 2.10 bits per heavy atom. The molecular weight excluding hydrogens is 124 g/mol. The fraction of sp³-hybridized carbons (Fsp3) is 0.500. The van der Waals surface area contributed by atoms with E-state index in [2.05, 4.69) is 24.0 Å². The summed E-state index contributed by atoms with van der Waals surface area (Å²) in [6.07, 6.45) is 3.79. The zero-order chi connectivity index (χ0) is 7.40. The number of hydrogen-bond donors (Lipinski definition) is 0. The van der Waals surface area contributed by atoms with Gasteiger partial charge in [0.05, 0.1) is 5.69 Å². The first-order chi connectivity index (χ1) is 4.88. The molecule has 2 heteroatoms. The third kappa shape index (κ3) is 1.32. The van der Waals surface area contributed by atoms with Gasteiger partial charge in [-0.15, -0.1) is 0 Å². The van der Waals surface area contributed by atoms with Gasteiger partial charge in [-0.2, -0.15) is 10.2 Å². The van der Waals surface area contributed by atoms with E-state index in [9.17, 15) is 0 Å². The molecule has 0 aliphatic heterocycles. The molecule has 0 spiro atoms. The van der Waals surface area contributed by atoms with Gasteiger partial charge in [0.1, 0.15) is 0 Å². The molecule has 1 aromatic rings. The molecule has 0 aliphatic rings. The normalized spacial score (nSPS) is 9.80. The van der Waals surface area contributed by atoms with Crippen LogP contribution in [0.15, 0.2) is 12.3 Å². The Hall–Kier alpha value is -0.920. The van der Waals surface area contributed by atoms with Gasteiger partial charge in [0, 0.05) is 6.20 Å². The van der Waals surface area contributed by atoms with E-state index in [0.29, 0.717) is 0 Å². The molecule has 54 valence electrons. The van der Waals surface area contributed by atoms with Crippen molar-refractivity contribution < 1.29 is 0 Å². The minimum Gasteiger partial charge on any atom is -0.159 e. The van der Waals surface area contributed by atoms with E-state index in [4.69, 9.17) is 0 Å². The summed E-state index contributed by atoms with van der Waals surface area (Å²) in [5.41, 5.74) is 2.45. The molecule has 1 aromatic heterocycles. The minimum atomic E-state index is 0.983. The molecule has 0 aliphatic carbocycles. The SMILES string of the molecule is CCc1ccnnc1CC. The second-order valence-electron chi connectivity index (χ2n) is 2.21. The van der Waals surface area contributed by atoms with Crippen molar-refractivity contribution in [3.05, 3.63) is 23.5 Å². The van der Waals surface area contributed by atoms with Crippen molar-refractivity contribution in [2.24, 2.45) is 0 Å². The second kappa shape index (κ2) is 3.30. The molecule has 0 unspecified atom stereocenters. The first-order valence-electron chi connectivity index (χ1n) is 3.68. The molecule has 0 fully saturated rings. The Balaban J connectivity index is 2.96. The van der Waals surface area contributed by atoms with Crippen molar-refractivity contribution in [2.75, 3.05) is 0 Å². The summed E-state index contributed by atoms with van der Waals surface area (Å²) >= 11 is 0. The maximum Gasteiger partial charge on any atom is 0.0660 e. The van der Waals surface area contributed by atoms with Crippen LogP contribution in [-0.4, -0.2) is 10.2 Å². The lowest BCUT2D eigenvalue weighted by Crippen LogP contribution is -1.95. The highest BCUT2D eigenvalue weighted by Gasteiger charge is 1.96. The summed E-state index contributed by atoms with van der Waals surface area (Å²) in [4.78, 5) is 0. The van der Waals surface area contributed by atoms with E-state index in [0.717, 1.165) is 18.5 Å². The quantitative estimate of drug-likeness (QED) is 0.617. The number of aryl methyl sites for hydroxylation is 2. The van der Waals surface area contributed by atoms with Crippen LogP contribution in [0.25, 0.3) is 0 Å². The standard InChI is InChI=1S/C8H12N2/c1-3-7-5-6-9-10-8(7)4-2/h5-6H,3-4H2,1-2H3. The lowest BCUT2D eigenvalue weighted by molar-refractivity contribution is 0.878. The van der Waals surface area contributed by atoms with Gasteiger partial charge in [-0.3, -0.25) is 0 Å². The topological polar surface area (TPSA) is 25.8 Å². The highest BCUT2D eigenvalue weighted by Crippen LogP contribution is 2.04. The van der Waals surface area contributed by atoms with Crippen LogP contribution in [0.5, 0.6) is 0 Å². The fourth-order valence-electron chi connectivity index (χ4n) is 1.01. The first-order valence-corrected chi connectivity index (χ1v) is 3.68. The van der Waals surface area contributed by atoms with Crippen molar-refractivity contribution in [1.82, 2.24) is 10.2 Å². The van der Waals surface area contributed by atoms with Gasteiger partial charge in [0.2, 0.25) is 0 Å². The highest BCUT2D eigenvalue weighted by atomic mass is 15.1. The Morgan fingerprint density at radius 3 is 2.60 bits per heavy atom. The summed E-state index contributed by atoms with van der Waals surface area (Å²) in [6.45, 7) is 4.24. The van der Waals surface area contributed by atoms with Crippen molar-refractivity contribution in [2.45, 2.75) is 26.7 Å². The van der Waals surface area contributed by atoms with E-state index in [1.807, 2.05) is 6.07 Å². The molecule has 0 N–H and O–H groups in total. The molecule has 0 aromatic carbocycles. The van der Waals surface area contributed by atoms with Crippen LogP contribution in [0.1, 0.15) is 25.1 Å². The van der Waals surface area contributed by atoms with Crippen LogP contribution < -0.4 is 0 Å². The van der Waals surface area contributed by atoms with E-state index in [-0.39, 0.29) is 0 Å². The van der Waals surface area contributed by atoms with Gasteiger partial charge in [0.25, 0.3) is 0 Å². The number of aromatic nitrogens is 2. The smallest absolute Gasteiger partial charge is 0.0660 e. The molecule has 0 bridgehead atoms. The van der Waals surface area contributed by atoms with E-state index in [1.165, 1.54) is 5.56 Å². The van der Waals surface area contributed by atoms with Gasteiger partial charge in [-0.1, -0.05) is 13.8 Å². The Kier molecular flexibility index (Phi) is 2.37. The Morgan fingerprint density at radius 1 is 1.30 bits per heavy atom. The van der Waals surface area contributed by atoms with Crippen molar-refractivity contribution in [1.29, 1.82) is 0 Å². The molecule has 0 saturated heterocycles. The monoisotopic (exact) mass is 136 g/mol. The molecular formula is C8H12N2. The van der Waals surface area contributed by atoms with Gasteiger partial charge in [-0.05, 0) is 24.5 Å². The zero-order valence-corrected chi connectivity index (χ0v) is 6.46. The van der Waals surface area contributed by atoms with Crippen molar-refractivity contribution >= 4 is 0 Å². The van der Waals surface area contributed by atoms with E-state index < -0.39 is 0 Å². The third-order valence-electron chi connectivity index (χ3n) is 1.61. The maximum absolute atomic E-state index is 4.02. The molecule has 1 rings (SSSR count). The van der Waals surface area contributed by atoms with Crippen LogP contribution >= 0.6 is 0 Å². The summed E-state index contributed by atoms with van der Waals surface area (Å²) in [5.74, 6) is 0.